The van der Waals surface area contributed by atoms with E-state index >= 15 is 0 Å². The van der Waals surface area contributed by atoms with E-state index in [2.05, 4.69) is 24.4 Å². The predicted octanol–water partition coefficient (Wildman–Crippen LogP) is 8.10. The molecule has 0 fully saturated rings. The Morgan fingerprint density at radius 2 is 1.31 bits per heavy atom. The molecule has 2 rings (SSSR count). The highest BCUT2D eigenvalue weighted by Gasteiger charge is 2.34. The summed E-state index contributed by atoms with van der Waals surface area (Å²) >= 11 is 0. The van der Waals surface area contributed by atoms with Crippen molar-refractivity contribution < 1.29 is 28.7 Å². The molecule has 0 saturated heterocycles. The van der Waals surface area contributed by atoms with E-state index < -0.39 is 14.2 Å². The first kappa shape index (κ1) is 35.9. The van der Waals surface area contributed by atoms with Crippen LogP contribution in [0.15, 0.2) is 60.7 Å². The maximum absolute atomic E-state index is 12.6. The van der Waals surface area contributed by atoms with Gasteiger partial charge in [0.1, 0.15) is 12.4 Å². The van der Waals surface area contributed by atoms with E-state index in [9.17, 15) is 19.5 Å². The standard InChI is InChI=1S/C34H52NO6P/c1-3-4-5-6-7-8-9-10-11-12-13-14-15-16-17-18-34(36)35-32(28-41-42(37,38)39)27-29-19-21-30(22-20-29)31-23-25-33(40-2)26-24-31/h10-11,19-26,32,37-39H,3-9,12-18,27-28H2,1-2H3/p+1/b11-10-. The van der Waals surface area contributed by atoms with E-state index in [0.29, 0.717) is 12.8 Å². The zero-order valence-corrected chi connectivity index (χ0v) is 26.6. The second kappa shape index (κ2) is 21.4. The highest BCUT2D eigenvalue weighted by Crippen LogP contribution is 2.45. The number of allylic oxidation sites excluding steroid dienone is 2. The van der Waals surface area contributed by atoms with Crippen LogP contribution in [-0.2, 0) is 15.7 Å². The van der Waals surface area contributed by atoms with Crippen LogP contribution in [0, 0.1) is 0 Å². The van der Waals surface area contributed by atoms with Gasteiger partial charge in [-0.1, -0.05) is 107 Å². The Morgan fingerprint density at radius 3 is 1.86 bits per heavy atom. The number of unbranched alkanes of at least 4 members (excludes halogenated alkanes) is 11. The molecule has 0 bridgehead atoms. The number of rotatable bonds is 23. The lowest BCUT2D eigenvalue weighted by molar-refractivity contribution is -0.122. The quantitative estimate of drug-likeness (QED) is 0.0582. The summed E-state index contributed by atoms with van der Waals surface area (Å²) in [6, 6.07) is 15.3. The Labute approximate surface area is 254 Å². The summed E-state index contributed by atoms with van der Waals surface area (Å²) in [6.45, 7) is 2.05. The Bertz CT molecular complexity index is 1000. The lowest BCUT2D eigenvalue weighted by Gasteiger charge is -2.18. The molecule has 0 radical (unpaired) electrons. The zero-order valence-electron chi connectivity index (χ0n) is 25.7. The van der Waals surface area contributed by atoms with E-state index in [1.165, 1.54) is 57.8 Å². The largest absolute Gasteiger partial charge is 0.567 e. The monoisotopic (exact) mass is 602 g/mol. The molecular weight excluding hydrogens is 549 g/mol. The second-order valence-electron chi connectivity index (χ2n) is 11.0. The number of benzene rings is 2. The van der Waals surface area contributed by atoms with E-state index in [-0.39, 0.29) is 12.5 Å². The number of carbonyl (C=O) groups is 1. The van der Waals surface area contributed by atoms with Crippen LogP contribution in [0.2, 0.25) is 0 Å². The van der Waals surface area contributed by atoms with Crippen LogP contribution in [0.4, 0.5) is 0 Å². The Hall–Kier alpha value is -2.28. The minimum atomic E-state index is -4.39. The molecular formula is C34H53NO6P+. The molecule has 0 saturated carbocycles. The molecule has 0 aromatic heterocycles. The molecule has 0 aliphatic heterocycles. The van der Waals surface area contributed by atoms with Crippen LogP contribution >= 0.6 is 8.17 Å². The summed E-state index contributed by atoms with van der Waals surface area (Å²) in [5.74, 6) is 0.695. The molecule has 1 amide bonds. The minimum Gasteiger partial charge on any atom is -0.497 e. The molecule has 0 heterocycles. The molecule has 2 aromatic rings. The molecule has 2 aromatic carbocycles. The molecule has 7 nitrogen and oxygen atoms in total. The van der Waals surface area contributed by atoms with Crippen molar-refractivity contribution in [2.24, 2.45) is 0 Å². The third kappa shape index (κ3) is 17.0. The summed E-state index contributed by atoms with van der Waals surface area (Å²) in [5.41, 5.74) is 3.07. The third-order valence-electron chi connectivity index (χ3n) is 7.34. The van der Waals surface area contributed by atoms with Gasteiger partial charge in [0, 0.05) is 6.42 Å². The number of hydrogen-bond acceptors (Lipinski definition) is 6. The van der Waals surface area contributed by atoms with Gasteiger partial charge in [-0.15, -0.1) is 0 Å². The first-order valence-electron chi connectivity index (χ1n) is 15.7. The van der Waals surface area contributed by atoms with Gasteiger partial charge in [0.05, 0.1) is 13.2 Å². The van der Waals surface area contributed by atoms with Crippen molar-refractivity contribution in [3.63, 3.8) is 0 Å². The van der Waals surface area contributed by atoms with E-state index in [4.69, 9.17) is 9.26 Å². The summed E-state index contributed by atoms with van der Waals surface area (Å²) in [5, 5.41) is 2.94. The van der Waals surface area contributed by atoms with Crippen LogP contribution < -0.4 is 10.1 Å². The Kier molecular flexibility index (Phi) is 18.3. The molecule has 42 heavy (non-hydrogen) atoms. The second-order valence-corrected chi connectivity index (χ2v) is 12.3. The molecule has 234 valence electrons. The summed E-state index contributed by atoms with van der Waals surface area (Å²) in [6.07, 6.45) is 21.1. The highest BCUT2D eigenvalue weighted by atomic mass is 31.2. The van der Waals surface area contributed by atoms with Gasteiger partial charge in [0.15, 0.2) is 0 Å². The first-order valence-corrected chi connectivity index (χ1v) is 17.3. The van der Waals surface area contributed by atoms with Crippen LogP contribution in [0.25, 0.3) is 11.1 Å². The van der Waals surface area contributed by atoms with Gasteiger partial charge in [0.2, 0.25) is 5.91 Å². The van der Waals surface area contributed by atoms with Gasteiger partial charge in [-0.25, -0.2) is 0 Å². The Balaban J connectivity index is 1.67. The van der Waals surface area contributed by atoms with Crippen molar-refractivity contribution in [1.29, 1.82) is 0 Å². The normalized spacial score (nSPS) is 12.5. The van der Waals surface area contributed by atoms with Gasteiger partial charge < -0.3 is 10.1 Å². The SMILES string of the molecule is CCCCCCCC/C=C\CCCCCCCC(=O)NC(CO[P+](O)(O)O)Cc1ccc(-c2ccc(OC)cc2)cc1. The van der Waals surface area contributed by atoms with Gasteiger partial charge >= 0.3 is 8.17 Å². The van der Waals surface area contributed by atoms with E-state index in [1.807, 2.05) is 48.5 Å². The van der Waals surface area contributed by atoms with Gasteiger partial charge in [-0.05, 0) is 67.3 Å². The Morgan fingerprint density at radius 1 is 0.786 bits per heavy atom. The lowest BCUT2D eigenvalue weighted by atomic mass is 10.0. The van der Waals surface area contributed by atoms with E-state index in [1.54, 1.807) is 7.11 Å². The number of hydrogen-bond donors (Lipinski definition) is 4. The molecule has 8 heteroatoms. The third-order valence-corrected chi connectivity index (χ3v) is 7.83. The van der Waals surface area contributed by atoms with Crippen molar-refractivity contribution in [3.05, 3.63) is 66.2 Å². The fraction of sp³-hybridized carbons (Fsp3) is 0.559. The molecule has 0 aliphatic carbocycles. The molecule has 0 aliphatic rings. The van der Waals surface area contributed by atoms with Gasteiger partial charge in [-0.2, -0.15) is 19.2 Å². The number of methoxy groups -OCH3 is 1. The van der Waals surface area contributed by atoms with Gasteiger partial charge in [0.25, 0.3) is 0 Å². The number of nitrogens with one attached hydrogen (secondary N) is 1. The molecule has 4 N–H and O–H groups in total. The lowest BCUT2D eigenvalue weighted by Crippen LogP contribution is -2.39. The van der Waals surface area contributed by atoms with Crippen molar-refractivity contribution >= 4 is 14.1 Å². The molecule has 1 unspecified atom stereocenters. The smallest absolute Gasteiger partial charge is 0.497 e. The minimum absolute atomic E-state index is 0.103. The molecule has 0 spiro atoms. The summed E-state index contributed by atoms with van der Waals surface area (Å²) in [4.78, 5) is 40.5. The number of carbonyl (C=O) groups excluding carboxylic acids is 1. The zero-order chi connectivity index (χ0) is 30.5. The van der Waals surface area contributed by atoms with Crippen molar-refractivity contribution in [1.82, 2.24) is 5.32 Å². The topological polar surface area (TPSA) is 108 Å². The summed E-state index contributed by atoms with van der Waals surface area (Å²) in [7, 11) is -2.76. The van der Waals surface area contributed by atoms with Gasteiger partial charge in [-0.3, -0.25) is 4.79 Å². The summed E-state index contributed by atoms with van der Waals surface area (Å²) < 4.78 is 10.1. The fourth-order valence-electron chi connectivity index (χ4n) is 4.90. The number of ether oxygens (including phenoxy) is 1. The maximum atomic E-state index is 12.6. The average molecular weight is 603 g/mol. The first-order chi connectivity index (χ1) is 20.3. The van der Waals surface area contributed by atoms with Crippen LogP contribution in [-0.4, -0.2) is 40.3 Å². The maximum Gasteiger partial charge on any atom is 0.567 e. The van der Waals surface area contributed by atoms with Crippen molar-refractivity contribution in [3.8, 4) is 16.9 Å². The number of amides is 1. The van der Waals surface area contributed by atoms with E-state index in [0.717, 1.165) is 48.1 Å². The van der Waals surface area contributed by atoms with Crippen LogP contribution in [0.1, 0.15) is 102 Å². The van der Waals surface area contributed by atoms with Crippen LogP contribution in [0.5, 0.6) is 5.75 Å². The molecule has 1 atom stereocenters. The van der Waals surface area contributed by atoms with Crippen LogP contribution in [0.3, 0.4) is 0 Å². The van der Waals surface area contributed by atoms with Crippen molar-refractivity contribution in [2.45, 2.75) is 109 Å². The fourth-order valence-corrected chi connectivity index (χ4v) is 5.28. The van der Waals surface area contributed by atoms with Crippen molar-refractivity contribution in [2.75, 3.05) is 13.7 Å². The predicted molar refractivity (Wildman–Crippen MR) is 173 cm³/mol. The highest BCUT2D eigenvalue weighted by molar-refractivity contribution is 7.53. The average Bonchev–Trinajstić information content (AvgIpc) is 2.98.